The summed E-state index contributed by atoms with van der Waals surface area (Å²) < 4.78 is 24.1. The summed E-state index contributed by atoms with van der Waals surface area (Å²) >= 11 is 6.12. The minimum Gasteiger partial charge on any atom is -0.460 e. The fourth-order valence-corrected chi connectivity index (χ4v) is 3.23. The molecule has 0 amide bonds. The van der Waals surface area contributed by atoms with Gasteiger partial charge in [0, 0.05) is 37.7 Å². The maximum atomic E-state index is 4.54. The molecule has 0 saturated carbocycles. The molecule has 6 aliphatic rings. The van der Waals surface area contributed by atoms with E-state index in [1.165, 1.54) is 80.1 Å². The van der Waals surface area contributed by atoms with Gasteiger partial charge in [0.15, 0.2) is 32.6 Å². The van der Waals surface area contributed by atoms with Crippen LogP contribution < -0.4 is 21.1 Å². The zero-order valence-electron chi connectivity index (χ0n) is 28.5. The Hall–Kier alpha value is -6.37. The Morgan fingerprint density at radius 1 is 0.691 bits per heavy atom. The lowest BCUT2D eigenvalue weighted by atomic mass is 10.5. The van der Waals surface area contributed by atoms with Gasteiger partial charge in [-0.05, 0) is 23.5 Å². The summed E-state index contributed by atoms with van der Waals surface area (Å²) in [6, 6.07) is 0. The van der Waals surface area contributed by atoms with Gasteiger partial charge in [-0.15, -0.1) is 36.8 Å². The summed E-state index contributed by atoms with van der Waals surface area (Å²) in [6.07, 6.45) is 24.6. The number of hydrogen-bond acceptors (Lipinski definition) is 30. The molecule has 6 aliphatic heterocycles. The lowest BCUT2D eigenvalue weighted by Crippen LogP contribution is -2.01. The first-order valence-corrected chi connectivity index (χ1v) is 18.4. The minimum atomic E-state index is 0.458. The first-order chi connectivity index (χ1) is 27.5. The number of hydrogen-bond donors (Lipinski definition) is 4. The first kappa shape index (κ1) is 46.7. The molecule has 26 nitrogen and oxygen atoms in total. The number of thioether (sulfide) groups is 1. The lowest BCUT2D eigenvalue weighted by molar-refractivity contribution is 0.117. The zero-order chi connectivity index (χ0) is 38.9. The van der Waals surface area contributed by atoms with Crippen LogP contribution in [0.25, 0.3) is 0 Å². The van der Waals surface area contributed by atoms with E-state index >= 15 is 0 Å². The van der Waals surface area contributed by atoms with E-state index in [1.807, 2.05) is 0 Å². The summed E-state index contributed by atoms with van der Waals surface area (Å²) in [4.78, 5) is 22.5. The molecular weight excluding hydrogens is 803 g/mol. The summed E-state index contributed by atoms with van der Waals surface area (Å²) in [5, 5.41) is 38.1. The highest BCUT2D eigenvalue weighted by molar-refractivity contribution is 8.12. The van der Waals surface area contributed by atoms with Crippen LogP contribution in [0.3, 0.4) is 0 Å². The number of hydroxylamine groups is 1. The van der Waals surface area contributed by atoms with Crippen LogP contribution in [0.1, 0.15) is 12.8 Å². The Labute approximate surface area is 329 Å². The second kappa shape index (κ2) is 43.8. The Morgan fingerprint density at radius 2 is 1.49 bits per heavy atom. The summed E-state index contributed by atoms with van der Waals surface area (Å²) in [6.45, 7) is 0.986. The molecule has 0 spiro atoms. The quantitative estimate of drug-likeness (QED) is 0.162. The third-order valence-electron chi connectivity index (χ3n) is 3.83. The van der Waals surface area contributed by atoms with E-state index in [0.29, 0.717) is 13.5 Å². The van der Waals surface area contributed by atoms with Crippen molar-refractivity contribution in [3.05, 3.63) is 67.2 Å². The highest BCUT2D eigenvalue weighted by Gasteiger charge is 1.84. The van der Waals surface area contributed by atoms with Gasteiger partial charge in [-0.3, -0.25) is 26.2 Å². The van der Waals surface area contributed by atoms with Gasteiger partial charge in [0.25, 0.3) is 0 Å². The predicted octanol–water partition coefficient (Wildman–Crippen LogP) is 2.24. The number of hydrazone groups is 2. The summed E-state index contributed by atoms with van der Waals surface area (Å²) in [5.74, 6) is 1.82. The molecule has 11 heterocycles. The molecule has 0 saturated heterocycles. The molecule has 0 unspecified atom stereocenters. The van der Waals surface area contributed by atoms with Gasteiger partial charge in [0.2, 0.25) is 19.2 Å². The Bertz CT molecular complexity index is 1220. The topological polar surface area (TPSA) is 321 Å². The van der Waals surface area contributed by atoms with E-state index in [2.05, 4.69) is 129 Å². The molecule has 0 bridgehead atoms. The lowest BCUT2D eigenvalue weighted by Gasteiger charge is -1.79. The van der Waals surface area contributed by atoms with Gasteiger partial charge in [-0.25, -0.2) is 19.9 Å². The Balaban J connectivity index is 0.000000302. The molecule has 0 radical (unpaired) electrons. The van der Waals surface area contributed by atoms with Crippen LogP contribution in [0, 0.1) is 0 Å². The van der Waals surface area contributed by atoms with E-state index in [0.717, 1.165) is 24.6 Å². The SMILES string of the molecule is C1=NCON1.C1=NCSN1.C1=NN=CC1.C1=NN=CC1.C1=NNCO1.C1=NNCS1.c1cocn1.c1ncon1.c1ncsn1.c1nnco1.c1nncs1. The maximum absolute atomic E-state index is 4.54. The largest absolute Gasteiger partial charge is 0.460 e. The standard InChI is InChI=1S/2C3H4N2.C3H3NO.C2H4N2O.C2H2N2O.C2H4N2O.C2H2N2O.C2H4N2S.C2H2N2S.C2H4N2S.C2H2N2S/c2*1-2-4-5-3-1;1-2-5-3-4-1;2*1-3-4-2-5-1;2*1-3-2-5-4-1;2*1-3-4-2-5-1;2*1-3-2-5-4-1/h2*2-3H,1H2;1-3H;1,4H,2H2;1-2H;1H,2H2,(H,3,4);1-2H;1,4H,2H2;1-2H;1H,2H2,(H,3,4);1-2H. The molecular formula is C25H35N21O5S4. The van der Waals surface area contributed by atoms with Crippen molar-refractivity contribution in [2.45, 2.75) is 12.8 Å². The molecule has 0 aromatic carbocycles. The highest BCUT2D eigenvalue weighted by Crippen LogP contribution is 1.95. The van der Waals surface area contributed by atoms with E-state index < -0.39 is 0 Å². The van der Waals surface area contributed by atoms with Crippen molar-refractivity contribution < 1.29 is 22.9 Å². The zero-order valence-corrected chi connectivity index (χ0v) is 31.8. The fourth-order valence-electron chi connectivity index (χ4n) is 1.94. The smallest absolute Gasteiger partial charge is 0.213 e. The van der Waals surface area contributed by atoms with E-state index in [9.17, 15) is 0 Å². The van der Waals surface area contributed by atoms with Crippen molar-refractivity contribution in [3.8, 4) is 0 Å². The van der Waals surface area contributed by atoms with Gasteiger partial charge >= 0.3 is 0 Å². The van der Waals surface area contributed by atoms with Crippen LogP contribution in [0.15, 0.2) is 121 Å². The van der Waals surface area contributed by atoms with Crippen LogP contribution in [0.5, 0.6) is 0 Å². The number of nitrogens with one attached hydrogen (secondary N) is 4. The molecule has 0 aliphatic carbocycles. The van der Waals surface area contributed by atoms with Crippen LogP contribution in [0.2, 0.25) is 0 Å². The van der Waals surface area contributed by atoms with Crippen LogP contribution in [0.4, 0.5) is 0 Å². The van der Waals surface area contributed by atoms with Crippen molar-refractivity contribution in [3.63, 3.8) is 0 Å². The van der Waals surface area contributed by atoms with Crippen molar-refractivity contribution in [1.29, 1.82) is 0 Å². The van der Waals surface area contributed by atoms with Crippen molar-refractivity contribution in [2.24, 2.45) is 40.6 Å². The average Bonchev–Trinajstić information content (AvgIpc) is 4.11. The number of nitrogens with zero attached hydrogens (tertiary/aromatic N) is 17. The summed E-state index contributed by atoms with van der Waals surface area (Å²) in [5.41, 5.74) is 14.6. The number of rotatable bonds is 0. The van der Waals surface area contributed by atoms with Gasteiger partial charge in [-0.2, -0.15) is 29.9 Å². The molecule has 5 aromatic rings. The van der Waals surface area contributed by atoms with Crippen LogP contribution in [-0.2, 0) is 9.57 Å². The van der Waals surface area contributed by atoms with Crippen molar-refractivity contribution in [1.82, 2.24) is 65.9 Å². The molecule has 30 heteroatoms. The highest BCUT2D eigenvalue weighted by atomic mass is 32.2. The van der Waals surface area contributed by atoms with E-state index in [1.54, 1.807) is 83.2 Å². The average molecular weight is 838 g/mol. The second-order valence-corrected chi connectivity index (χ2v) is 10.4. The van der Waals surface area contributed by atoms with E-state index in [4.69, 9.17) is 0 Å². The normalized spacial score (nSPS) is 13.7. The van der Waals surface area contributed by atoms with Crippen molar-refractivity contribution >= 4 is 96.1 Å². The van der Waals surface area contributed by atoms with Crippen LogP contribution in [-0.4, -0.2) is 120 Å². The third kappa shape index (κ3) is 41.9. The second-order valence-electron chi connectivity index (χ2n) is 7.47. The molecule has 0 fully saturated rings. The predicted molar refractivity (Wildman–Crippen MR) is 211 cm³/mol. The maximum Gasteiger partial charge on any atom is 0.213 e. The molecule has 11 rings (SSSR count). The van der Waals surface area contributed by atoms with Gasteiger partial charge in [0.05, 0.1) is 24.0 Å². The summed E-state index contributed by atoms with van der Waals surface area (Å²) in [7, 11) is 0. The number of ether oxygens (including phenoxy) is 1. The fraction of sp³-hybridized carbons (Fsp3) is 0.240. The molecule has 4 N–H and O–H groups in total. The number of aliphatic imine (C=N–C) groups is 2. The van der Waals surface area contributed by atoms with E-state index in [-0.39, 0.29) is 0 Å². The Morgan fingerprint density at radius 3 is 1.67 bits per heavy atom. The third-order valence-corrected chi connectivity index (χ3v) is 5.79. The molecule has 55 heavy (non-hydrogen) atoms. The molecule has 0 atom stereocenters. The van der Waals surface area contributed by atoms with Crippen molar-refractivity contribution in [2.75, 3.05) is 25.2 Å². The Kier molecular flexibility index (Phi) is 37.1. The minimum absolute atomic E-state index is 0.458. The van der Waals surface area contributed by atoms with Gasteiger partial charge in [0.1, 0.15) is 41.3 Å². The number of oxazole rings is 1. The van der Waals surface area contributed by atoms with Gasteiger partial charge in [-0.1, -0.05) is 16.9 Å². The monoisotopic (exact) mass is 837 g/mol. The first-order valence-electron chi connectivity index (χ1n) is 14.6. The van der Waals surface area contributed by atoms with Crippen LogP contribution >= 0.6 is 46.6 Å². The van der Waals surface area contributed by atoms with Gasteiger partial charge < -0.3 is 22.8 Å². The number of aromatic nitrogens is 9. The molecule has 5 aromatic heterocycles. The molecule has 294 valence electrons.